The molecule has 3 N–H and O–H groups in total. The van der Waals surface area contributed by atoms with E-state index in [-0.39, 0.29) is 24.0 Å². The van der Waals surface area contributed by atoms with Gasteiger partial charge in [0.25, 0.3) is 0 Å². The van der Waals surface area contributed by atoms with Gasteiger partial charge in [-0.15, -0.1) is 24.0 Å². The molecular weight excluding hydrogens is 507 g/mol. The number of rotatable bonds is 9. The third-order valence-corrected chi connectivity index (χ3v) is 4.96. The minimum Gasteiger partial charge on any atom is -0.387 e. The van der Waals surface area contributed by atoms with Crippen molar-refractivity contribution in [2.24, 2.45) is 4.99 Å². The fourth-order valence-corrected chi connectivity index (χ4v) is 3.49. The van der Waals surface area contributed by atoms with E-state index in [2.05, 4.69) is 44.9 Å². The number of aliphatic imine (C=N–C) groups is 1. The van der Waals surface area contributed by atoms with Gasteiger partial charge >= 0.3 is 0 Å². The third kappa shape index (κ3) is 9.14. The van der Waals surface area contributed by atoms with Crippen LogP contribution in [0.5, 0.6) is 0 Å². The van der Waals surface area contributed by atoms with Gasteiger partial charge in [0.05, 0.1) is 31.9 Å². The molecule has 0 amide bonds. The molecule has 1 fully saturated rings. The van der Waals surface area contributed by atoms with Crippen LogP contribution in [0.25, 0.3) is 0 Å². The molecule has 172 valence electrons. The Hall–Kier alpha value is -1.69. The van der Waals surface area contributed by atoms with Crippen molar-refractivity contribution in [2.45, 2.75) is 32.5 Å². The monoisotopic (exact) mass is 542 g/mol. The first-order valence-electron chi connectivity index (χ1n) is 10.6. The van der Waals surface area contributed by atoms with Crippen LogP contribution in [-0.2, 0) is 17.8 Å². The maximum Gasteiger partial charge on any atom is 0.191 e. The molecule has 9 heteroatoms. The van der Waals surface area contributed by atoms with E-state index < -0.39 is 5.60 Å². The van der Waals surface area contributed by atoms with Crippen molar-refractivity contribution < 1.29 is 9.84 Å². The summed E-state index contributed by atoms with van der Waals surface area (Å²) in [4.78, 5) is 6.94. The van der Waals surface area contributed by atoms with Crippen LogP contribution < -0.4 is 10.6 Å². The van der Waals surface area contributed by atoms with Crippen molar-refractivity contribution in [3.05, 3.63) is 53.9 Å². The molecule has 2 aromatic rings. The van der Waals surface area contributed by atoms with Crippen molar-refractivity contribution in [1.29, 1.82) is 0 Å². The minimum atomic E-state index is -0.850. The summed E-state index contributed by atoms with van der Waals surface area (Å²) < 4.78 is 7.29. The molecule has 0 saturated carbocycles. The average Bonchev–Trinajstić information content (AvgIpc) is 3.24. The van der Waals surface area contributed by atoms with E-state index in [1.165, 1.54) is 5.56 Å². The standard InChI is InChI=1S/C22H34N6O2.HI/c1-3-23-21(25-17-22(2,29)18-27-10-12-30-13-11-27)24-15-19-6-4-7-20(14-19)16-28-9-5-8-26-28;/h4-9,14,29H,3,10-13,15-18H2,1-2H3,(H2,23,24,25);1H. The average molecular weight is 542 g/mol. The predicted octanol–water partition coefficient (Wildman–Crippen LogP) is 1.69. The van der Waals surface area contributed by atoms with Gasteiger partial charge in [0.2, 0.25) is 0 Å². The first kappa shape index (κ1) is 25.6. The van der Waals surface area contributed by atoms with Gasteiger partial charge in [0, 0.05) is 45.1 Å². The first-order chi connectivity index (χ1) is 14.5. The molecule has 1 aliphatic heterocycles. The maximum atomic E-state index is 10.8. The SMILES string of the molecule is CCNC(=NCc1cccc(Cn2cccn2)c1)NCC(C)(O)CN1CCOCC1.I. The summed E-state index contributed by atoms with van der Waals surface area (Å²) in [7, 11) is 0. The zero-order valence-corrected chi connectivity index (χ0v) is 20.8. The van der Waals surface area contributed by atoms with Crippen LogP contribution in [0.4, 0.5) is 0 Å². The lowest BCUT2D eigenvalue weighted by Crippen LogP contribution is -2.52. The van der Waals surface area contributed by atoms with E-state index in [0.717, 1.165) is 45.0 Å². The van der Waals surface area contributed by atoms with E-state index in [4.69, 9.17) is 9.73 Å². The lowest BCUT2D eigenvalue weighted by atomic mass is 10.1. The van der Waals surface area contributed by atoms with Gasteiger partial charge in [-0.05, 0) is 31.0 Å². The Morgan fingerprint density at radius 2 is 2.00 bits per heavy atom. The van der Waals surface area contributed by atoms with Crippen LogP contribution in [0.3, 0.4) is 0 Å². The lowest BCUT2D eigenvalue weighted by molar-refractivity contribution is -0.0201. The highest BCUT2D eigenvalue weighted by atomic mass is 127. The Balaban J connectivity index is 0.00000341. The van der Waals surface area contributed by atoms with Gasteiger partial charge in [-0.3, -0.25) is 9.58 Å². The molecule has 1 aromatic heterocycles. The topological polar surface area (TPSA) is 86.9 Å². The van der Waals surface area contributed by atoms with Gasteiger partial charge in [0.15, 0.2) is 5.96 Å². The number of benzene rings is 1. The molecule has 3 rings (SSSR count). The van der Waals surface area contributed by atoms with E-state index in [0.29, 0.717) is 25.6 Å². The van der Waals surface area contributed by atoms with Crippen LogP contribution in [-0.4, -0.2) is 77.3 Å². The number of nitrogens with zero attached hydrogens (tertiary/aromatic N) is 4. The molecule has 1 aromatic carbocycles. The second-order valence-corrected chi connectivity index (χ2v) is 7.96. The molecule has 31 heavy (non-hydrogen) atoms. The molecule has 0 bridgehead atoms. The molecule has 0 spiro atoms. The normalized spacial score (nSPS) is 16.9. The smallest absolute Gasteiger partial charge is 0.191 e. The third-order valence-electron chi connectivity index (χ3n) is 4.96. The summed E-state index contributed by atoms with van der Waals surface area (Å²) in [6, 6.07) is 10.3. The largest absolute Gasteiger partial charge is 0.387 e. The van der Waals surface area contributed by atoms with Crippen LogP contribution in [0.2, 0.25) is 0 Å². The second-order valence-electron chi connectivity index (χ2n) is 7.96. The fourth-order valence-electron chi connectivity index (χ4n) is 3.49. The molecular formula is C22H35IN6O2. The van der Waals surface area contributed by atoms with Crippen molar-refractivity contribution in [1.82, 2.24) is 25.3 Å². The Bertz CT molecular complexity index is 791. The minimum absolute atomic E-state index is 0. The Morgan fingerprint density at radius 1 is 1.23 bits per heavy atom. The van der Waals surface area contributed by atoms with E-state index >= 15 is 0 Å². The van der Waals surface area contributed by atoms with Crippen molar-refractivity contribution >= 4 is 29.9 Å². The molecule has 1 atom stereocenters. The van der Waals surface area contributed by atoms with Crippen molar-refractivity contribution in [3.8, 4) is 0 Å². The number of β-amino-alcohol motifs (C(OH)–C–C–N with tert-alkyl or cyclic N) is 1. The molecule has 0 aliphatic carbocycles. The van der Waals surface area contributed by atoms with E-state index in [1.54, 1.807) is 6.20 Å². The summed E-state index contributed by atoms with van der Waals surface area (Å²) in [6.07, 6.45) is 3.75. The number of guanidine groups is 1. The zero-order valence-electron chi connectivity index (χ0n) is 18.5. The number of hydrogen-bond donors (Lipinski definition) is 3. The number of nitrogens with one attached hydrogen (secondary N) is 2. The molecule has 8 nitrogen and oxygen atoms in total. The Kier molecular flexibility index (Phi) is 10.7. The summed E-state index contributed by atoms with van der Waals surface area (Å²) in [5.41, 5.74) is 1.48. The molecule has 1 unspecified atom stereocenters. The zero-order chi connectivity index (χ0) is 21.2. The summed E-state index contributed by atoms with van der Waals surface area (Å²) in [5.74, 6) is 0.706. The van der Waals surface area contributed by atoms with Crippen molar-refractivity contribution in [2.75, 3.05) is 45.9 Å². The second kappa shape index (κ2) is 13.0. The molecule has 1 saturated heterocycles. The van der Waals surface area contributed by atoms with E-state index in [9.17, 15) is 5.11 Å². The van der Waals surface area contributed by atoms with Gasteiger partial charge in [0.1, 0.15) is 0 Å². The quantitative estimate of drug-likeness (QED) is 0.254. The number of halogens is 1. The highest BCUT2D eigenvalue weighted by Gasteiger charge is 2.25. The predicted molar refractivity (Wildman–Crippen MR) is 134 cm³/mol. The van der Waals surface area contributed by atoms with Crippen LogP contribution >= 0.6 is 24.0 Å². The van der Waals surface area contributed by atoms with Gasteiger partial charge in [-0.2, -0.15) is 5.10 Å². The number of aliphatic hydroxyl groups is 1. The highest BCUT2D eigenvalue weighted by molar-refractivity contribution is 14.0. The summed E-state index contributed by atoms with van der Waals surface area (Å²) >= 11 is 0. The summed E-state index contributed by atoms with van der Waals surface area (Å²) in [6.45, 7) is 10.2. The van der Waals surface area contributed by atoms with Gasteiger partial charge in [-0.1, -0.05) is 24.3 Å². The maximum absolute atomic E-state index is 10.8. The first-order valence-corrected chi connectivity index (χ1v) is 10.6. The van der Waals surface area contributed by atoms with Crippen LogP contribution in [0, 0.1) is 0 Å². The summed E-state index contributed by atoms with van der Waals surface area (Å²) in [5, 5.41) is 21.6. The fraction of sp³-hybridized carbons (Fsp3) is 0.545. The van der Waals surface area contributed by atoms with Crippen molar-refractivity contribution in [3.63, 3.8) is 0 Å². The number of aromatic nitrogens is 2. The number of ether oxygens (including phenoxy) is 1. The molecule has 2 heterocycles. The highest BCUT2D eigenvalue weighted by Crippen LogP contribution is 2.09. The Morgan fingerprint density at radius 3 is 2.71 bits per heavy atom. The van der Waals surface area contributed by atoms with Gasteiger partial charge < -0.3 is 20.5 Å². The van der Waals surface area contributed by atoms with Crippen LogP contribution in [0.1, 0.15) is 25.0 Å². The number of morpholine rings is 1. The molecule has 1 aliphatic rings. The number of hydrogen-bond acceptors (Lipinski definition) is 5. The Labute approximate surface area is 202 Å². The van der Waals surface area contributed by atoms with Gasteiger partial charge in [-0.25, -0.2) is 4.99 Å². The van der Waals surface area contributed by atoms with E-state index in [1.807, 2.05) is 30.8 Å². The molecule has 0 radical (unpaired) electrons. The lowest BCUT2D eigenvalue weighted by Gasteiger charge is -2.34. The van der Waals surface area contributed by atoms with Crippen LogP contribution in [0.15, 0.2) is 47.7 Å².